The van der Waals surface area contributed by atoms with Crippen LogP contribution in [0.3, 0.4) is 0 Å². The van der Waals surface area contributed by atoms with Gasteiger partial charge in [-0.25, -0.2) is 13.6 Å². The summed E-state index contributed by atoms with van der Waals surface area (Å²) in [6.45, 7) is 5.95. The number of alkyl halides is 4. The van der Waals surface area contributed by atoms with Gasteiger partial charge in [-0.2, -0.15) is 13.2 Å². The molecule has 3 atom stereocenters. The molecule has 2 aromatic carbocycles. The maximum Gasteiger partial charge on any atom is 0.415 e. The molecule has 4 rings (SSSR count). The molecule has 0 bridgehead atoms. The Labute approximate surface area is 241 Å². The second kappa shape index (κ2) is 12.3. The number of hydrogen-bond donors (Lipinski definition) is 1. The number of aromatic hydroxyl groups is 1. The first kappa shape index (κ1) is 31.9. The van der Waals surface area contributed by atoms with Crippen molar-refractivity contribution in [2.24, 2.45) is 0 Å². The van der Waals surface area contributed by atoms with Crippen LogP contribution in [0.15, 0.2) is 30.3 Å². The topological polar surface area (TPSA) is 56.2 Å². The molecule has 6 nitrogen and oxygen atoms in total. The molecule has 0 radical (unpaired) electrons. The van der Waals surface area contributed by atoms with Crippen molar-refractivity contribution in [2.45, 2.75) is 76.9 Å². The van der Waals surface area contributed by atoms with E-state index in [-0.39, 0.29) is 23.4 Å². The van der Waals surface area contributed by atoms with Crippen LogP contribution in [0, 0.1) is 11.6 Å². The zero-order valence-corrected chi connectivity index (χ0v) is 24.1. The first-order chi connectivity index (χ1) is 19.6. The molecule has 0 aliphatic carbocycles. The Hall–Kier alpha value is -2.99. The van der Waals surface area contributed by atoms with Gasteiger partial charge in [0, 0.05) is 31.2 Å². The Kier molecular flexibility index (Phi) is 9.37. The van der Waals surface area contributed by atoms with Crippen molar-refractivity contribution in [3.05, 3.63) is 58.7 Å². The molecule has 2 aromatic rings. The van der Waals surface area contributed by atoms with Gasteiger partial charge in [0.15, 0.2) is 0 Å². The van der Waals surface area contributed by atoms with E-state index in [0.717, 1.165) is 17.0 Å². The predicted molar refractivity (Wildman–Crippen MR) is 146 cm³/mol. The minimum atomic E-state index is -4.64. The molecule has 1 saturated heterocycles. The van der Waals surface area contributed by atoms with Gasteiger partial charge in [0.25, 0.3) is 0 Å². The highest BCUT2D eigenvalue weighted by atomic mass is 19.4. The molecule has 1 N–H and O–H groups in total. The molecule has 42 heavy (non-hydrogen) atoms. The Morgan fingerprint density at radius 1 is 1.12 bits per heavy atom. The minimum absolute atomic E-state index is 0.106. The van der Waals surface area contributed by atoms with Gasteiger partial charge in [0.1, 0.15) is 23.0 Å². The number of hydrogen-bond acceptors (Lipinski definition) is 5. The van der Waals surface area contributed by atoms with Crippen molar-refractivity contribution in [3.8, 4) is 5.75 Å². The van der Waals surface area contributed by atoms with E-state index in [1.165, 1.54) is 30.0 Å². The summed E-state index contributed by atoms with van der Waals surface area (Å²) in [7, 11) is 0. The fourth-order valence-corrected chi connectivity index (χ4v) is 5.94. The number of benzene rings is 2. The van der Waals surface area contributed by atoms with Gasteiger partial charge in [-0.05, 0) is 82.3 Å². The van der Waals surface area contributed by atoms with Crippen molar-refractivity contribution < 1.29 is 41.0 Å². The third-order valence-electron chi connectivity index (χ3n) is 7.62. The smallest absolute Gasteiger partial charge is 0.415 e. The summed E-state index contributed by atoms with van der Waals surface area (Å²) in [5, 5.41) is 9.98. The van der Waals surface area contributed by atoms with E-state index < -0.39 is 66.4 Å². The van der Waals surface area contributed by atoms with Crippen molar-refractivity contribution in [2.75, 3.05) is 37.8 Å². The Morgan fingerprint density at radius 2 is 1.79 bits per heavy atom. The third kappa shape index (κ3) is 7.31. The predicted octanol–water partition coefficient (Wildman–Crippen LogP) is 6.74. The fourth-order valence-electron chi connectivity index (χ4n) is 5.94. The first-order valence-corrected chi connectivity index (χ1v) is 14.0. The summed E-state index contributed by atoms with van der Waals surface area (Å²) in [5.41, 5.74) is -0.878. The molecule has 2 aliphatic rings. The van der Waals surface area contributed by atoms with Crippen molar-refractivity contribution in [1.29, 1.82) is 0 Å². The van der Waals surface area contributed by atoms with Crippen LogP contribution in [-0.2, 0) is 11.2 Å². The van der Waals surface area contributed by atoms with E-state index in [2.05, 4.69) is 0 Å². The average Bonchev–Trinajstić information content (AvgIpc) is 3.30. The summed E-state index contributed by atoms with van der Waals surface area (Å²) in [4.78, 5) is 17.5. The second-order valence-electron chi connectivity index (χ2n) is 12.1. The molecular formula is C30H37F6N3O3. The minimum Gasteiger partial charge on any atom is -0.508 e. The SMILES string of the molecule is C[C@@H]1Cc2cc(O)ccc2[C@@H](c2c(F)cc(N(C(=O)OC(C)(C)C)[C@H]3CCN(CCCF)C3)cc2F)N1CC(F)(F)F. The van der Waals surface area contributed by atoms with Gasteiger partial charge in [0.05, 0.1) is 31.0 Å². The third-order valence-corrected chi connectivity index (χ3v) is 7.62. The van der Waals surface area contributed by atoms with Crippen LogP contribution >= 0.6 is 0 Å². The van der Waals surface area contributed by atoms with Crippen molar-refractivity contribution >= 4 is 11.8 Å². The number of phenols is 1. The van der Waals surface area contributed by atoms with Crippen LogP contribution in [0.5, 0.6) is 5.75 Å². The molecule has 0 spiro atoms. The fraction of sp³-hybridized carbons (Fsp3) is 0.567. The quantitative estimate of drug-likeness (QED) is 0.356. The highest BCUT2D eigenvalue weighted by Gasteiger charge is 2.43. The summed E-state index contributed by atoms with van der Waals surface area (Å²) >= 11 is 0. The highest BCUT2D eigenvalue weighted by molar-refractivity contribution is 5.89. The summed E-state index contributed by atoms with van der Waals surface area (Å²) in [6.07, 6.45) is -4.56. The number of ether oxygens (including phenoxy) is 1. The van der Waals surface area contributed by atoms with Crippen LogP contribution in [0.1, 0.15) is 63.3 Å². The van der Waals surface area contributed by atoms with Crippen molar-refractivity contribution in [1.82, 2.24) is 9.80 Å². The highest BCUT2D eigenvalue weighted by Crippen LogP contribution is 2.43. The molecule has 0 aromatic heterocycles. The maximum atomic E-state index is 16.1. The summed E-state index contributed by atoms with van der Waals surface area (Å²) < 4.78 is 91.4. The molecule has 232 valence electrons. The number of likely N-dealkylation sites (tertiary alicyclic amines) is 1. The summed E-state index contributed by atoms with van der Waals surface area (Å²) in [5.74, 6) is -2.34. The monoisotopic (exact) mass is 601 g/mol. The van der Waals surface area contributed by atoms with E-state index in [0.29, 0.717) is 38.0 Å². The second-order valence-corrected chi connectivity index (χ2v) is 12.1. The largest absolute Gasteiger partial charge is 0.508 e. The molecule has 0 unspecified atom stereocenters. The molecule has 0 saturated carbocycles. The van der Waals surface area contributed by atoms with E-state index in [1.807, 2.05) is 4.90 Å². The van der Waals surface area contributed by atoms with Crippen molar-refractivity contribution in [3.63, 3.8) is 0 Å². The lowest BCUT2D eigenvalue weighted by molar-refractivity contribution is -0.155. The number of rotatable bonds is 7. The molecule has 1 amide bonds. The van der Waals surface area contributed by atoms with Crippen LogP contribution in [-0.4, -0.2) is 77.7 Å². The molecule has 2 heterocycles. The Bertz CT molecular complexity index is 1260. The lowest BCUT2D eigenvalue weighted by Crippen LogP contribution is -2.47. The number of carbonyl (C=O) groups is 1. The lowest BCUT2D eigenvalue weighted by atomic mass is 9.84. The van der Waals surface area contributed by atoms with Crippen LogP contribution in [0.2, 0.25) is 0 Å². The van der Waals surface area contributed by atoms with E-state index >= 15 is 8.78 Å². The van der Waals surface area contributed by atoms with Gasteiger partial charge >= 0.3 is 12.3 Å². The number of fused-ring (bicyclic) bond motifs is 1. The average molecular weight is 602 g/mol. The zero-order valence-electron chi connectivity index (χ0n) is 24.1. The van der Waals surface area contributed by atoms with Gasteiger partial charge < -0.3 is 14.7 Å². The molecule has 2 aliphatic heterocycles. The lowest BCUT2D eigenvalue weighted by Gasteiger charge is -2.42. The maximum absolute atomic E-state index is 16.1. The van der Waals surface area contributed by atoms with Gasteiger partial charge in [0.2, 0.25) is 0 Å². The van der Waals surface area contributed by atoms with Gasteiger partial charge in [-0.1, -0.05) is 6.07 Å². The number of anilines is 1. The van der Waals surface area contributed by atoms with E-state index in [9.17, 15) is 27.5 Å². The molecular weight excluding hydrogens is 564 g/mol. The normalized spacial score (nSPS) is 21.8. The summed E-state index contributed by atoms with van der Waals surface area (Å²) in [6, 6.07) is 3.26. The molecule has 12 heteroatoms. The van der Waals surface area contributed by atoms with Gasteiger partial charge in [-0.3, -0.25) is 14.2 Å². The number of halogens is 6. The van der Waals surface area contributed by atoms with Crippen LogP contribution in [0.25, 0.3) is 0 Å². The van der Waals surface area contributed by atoms with Gasteiger partial charge in [-0.15, -0.1) is 0 Å². The Balaban J connectivity index is 1.79. The number of carbonyl (C=O) groups excluding carboxylic acids is 1. The first-order valence-electron chi connectivity index (χ1n) is 14.0. The number of nitrogens with zero attached hydrogens (tertiary/aromatic N) is 3. The van der Waals surface area contributed by atoms with Crippen LogP contribution < -0.4 is 4.90 Å². The Morgan fingerprint density at radius 3 is 2.38 bits per heavy atom. The van der Waals surface area contributed by atoms with Crippen LogP contribution in [0.4, 0.5) is 36.8 Å². The number of phenolic OH excluding ortho intramolecular Hbond substituents is 1. The standard InChI is InChI=1S/C30H37F6N3O3/c1-18-12-19-13-22(40)6-7-23(19)27(38(18)17-30(34,35)36)26-24(32)14-21(15-25(26)33)39(28(41)42-29(2,3)4)20-8-11-37(16-20)10-5-9-31/h6-7,13-15,18,20,27,40H,5,8-12,16-17H2,1-4H3/t18-,20+,27+/m1/s1. The van der Waals surface area contributed by atoms with E-state index in [1.54, 1.807) is 20.8 Å². The van der Waals surface area contributed by atoms with E-state index in [4.69, 9.17) is 4.74 Å². The molecule has 1 fully saturated rings. The zero-order chi connectivity index (χ0) is 31.0. The number of amides is 1.